The monoisotopic (exact) mass is 295 g/mol. The minimum absolute atomic E-state index is 0.334. The number of fused-ring (bicyclic) bond motifs is 1. The number of amides is 1. The number of anilines is 1. The topological polar surface area (TPSA) is 54.9 Å². The highest BCUT2D eigenvalue weighted by Gasteiger charge is 2.13. The third kappa shape index (κ3) is 2.79. The summed E-state index contributed by atoms with van der Waals surface area (Å²) in [5.41, 5.74) is 2.47. The summed E-state index contributed by atoms with van der Waals surface area (Å²) in [6, 6.07) is 11.2. The molecule has 2 heterocycles. The first-order valence-electron chi connectivity index (χ1n) is 6.85. The van der Waals surface area contributed by atoms with Gasteiger partial charge in [0, 0.05) is 16.8 Å². The molecule has 0 fully saturated rings. The summed E-state index contributed by atoms with van der Waals surface area (Å²) in [5.74, 6) is -0.274. The van der Waals surface area contributed by atoms with Crippen molar-refractivity contribution < 1.29 is 9.18 Å². The SMILES string of the molecule is Cc1cccc(NC(=O)c2cc(C)nc3ccc(F)cc23)n1. The van der Waals surface area contributed by atoms with E-state index in [-0.39, 0.29) is 5.91 Å². The van der Waals surface area contributed by atoms with Crippen LogP contribution in [0.4, 0.5) is 10.2 Å². The Kier molecular flexibility index (Phi) is 3.55. The third-order valence-corrected chi connectivity index (χ3v) is 3.27. The van der Waals surface area contributed by atoms with Crippen molar-refractivity contribution in [2.45, 2.75) is 13.8 Å². The molecule has 2 aromatic heterocycles. The van der Waals surface area contributed by atoms with Crippen molar-refractivity contribution in [3.05, 3.63) is 65.2 Å². The van der Waals surface area contributed by atoms with Crippen LogP contribution in [0.2, 0.25) is 0 Å². The van der Waals surface area contributed by atoms with Gasteiger partial charge in [0.25, 0.3) is 5.91 Å². The summed E-state index contributed by atoms with van der Waals surface area (Å²) in [7, 11) is 0. The zero-order valence-electron chi connectivity index (χ0n) is 12.2. The number of benzene rings is 1. The maximum absolute atomic E-state index is 13.5. The van der Waals surface area contributed by atoms with Gasteiger partial charge in [-0.3, -0.25) is 9.78 Å². The van der Waals surface area contributed by atoms with Gasteiger partial charge in [-0.1, -0.05) is 6.07 Å². The van der Waals surface area contributed by atoms with Gasteiger partial charge in [-0.25, -0.2) is 9.37 Å². The van der Waals surface area contributed by atoms with Gasteiger partial charge in [-0.2, -0.15) is 0 Å². The van der Waals surface area contributed by atoms with Gasteiger partial charge in [0.05, 0.1) is 11.1 Å². The van der Waals surface area contributed by atoms with Crippen LogP contribution in [0.5, 0.6) is 0 Å². The van der Waals surface area contributed by atoms with Crippen molar-refractivity contribution in [3.63, 3.8) is 0 Å². The molecule has 5 heteroatoms. The molecule has 0 saturated heterocycles. The Labute approximate surface area is 127 Å². The van der Waals surface area contributed by atoms with E-state index in [1.54, 1.807) is 25.1 Å². The predicted octanol–water partition coefficient (Wildman–Crippen LogP) is 3.64. The average Bonchev–Trinajstić information content (AvgIpc) is 2.47. The number of carbonyl (C=O) groups excluding carboxylic acids is 1. The zero-order valence-corrected chi connectivity index (χ0v) is 12.2. The van der Waals surface area contributed by atoms with E-state index in [1.807, 2.05) is 19.1 Å². The molecular formula is C17H14FN3O. The summed E-state index contributed by atoms with van der Waals surface area (Å²) >= 11 is 0. The first-order chi connectivity index (χ1) is 10.5. The first-order valence-corrected chi connectivity index (χ1v) is 6.85. The standard InChI is InChI=1S/C17H14FN3O/c1-10-4-3-5-16(20-10)21-17(22)14-8-11(2)19-15-7-6-12(18)9-13(14)15/h3-9H,1-2H3,(H,20,21,22). The molecule has 0 spiro atoms. The Morgan fingerprint density at radius 1 is 1.05 bits per heavy atom. The molecule has 0 unspecified atom stereocenters. The summed E-state index contributed by atoms with van der Waals surface area (Å²) in [6.45, 7) is 3.64. The predicted molar refractivity (Wildman–Crippen MR) is 83.4 cm³/mol. The van der Waals surface area contributed by atoms with Gasteiger partial charge in [-0.15, -0.1) is 0 Å². The Bertz CT molecular complexity index is 877. The van der Waals surface area contributed by atoms with Gasteiger partial charge in [-0.05, 0) is 50.2 Å². The van der Waals surface area contributed by atoms with Crippen LogP contribution in [0.1, 0.15) is 21.7 Å². The molecule has 1 amide bonds. The smallest absolute Gasteiger partial charge is 0.257 e. The highest BCUT2D eigenvalue weighted by atomic mass is 19.1. The molecule has 1 N–H and O–H groups in total. The molecule has 0 aliphatic rings. The molecule has 110 valence electrons. The highest BCUT2D eigenvalue weighted by Crippen LogP contribution is 2.20. The number of halogens is 1. The van der Waals surface area contributed by atoms with Gasteiger partial charge in [0.15, 0.2) is 0 Å². The van der Waals surface area contributed by atoms with Crippen molar-refractivity contribution in [3.8, 4) is 0 Å². The van der Waals surface area contributed by atoms with Crippen LogP contribution in [-0.2, 0) is 0 Å². The Morgan fingerprint density at radius 2 is 1.86 bits per heavy atom. The van der Waals surface area contributed by atoms with Crippen LogP contribution in [0.3, 0.4) is 0 Å². The van der Waals surface area contributed by atoms with Gasteiger partial charge >= 0.3 is 0 Å². The largest absolute Gasteiger partial charge is 0.307 e. The number of rotatable bonds is 2. The summed E-state index contributed by atoms with van der Waals surface area (Å²) in [5, 5.41) is 3.22. The normalized spacial score (nSPS) is 10.7. The van der Waals surface area contributed by atoms with Crippen LogP contribution in [0.15, 0.2) is 42.5 Å². The van der Waals surface area contributed by atoms with Crippen LogP contribution >= 0.6 is 0 Å². The summed E-state index contributed by atoms with van der Waals surface area (Å²) in [4.78, 5) is 21.1. The van der Waals surface area contributed by atoms with E-state index in [9.17, 15) is 9.18 Å². The first kappa shape index (κ1) is 14.1. The maximum Gasteiger partial charge on any atom is 0.257 e. The molecular weight excluding hydrogens is 281 g/mol. The van der Waals surface area contributed by atoms with E-state index in [4.69, 9.17) is 0 Å². The third-order valence-electron chi connectivity index (χ3n) is 3.27. The second-order valence-electron chi connectivity index (χ2n) is 5.09. The molecule has 3 aromatic rings. The maximum atomic E-state index is 13.5. The molecule has 4 nitrogen and oxygen atoms in total. The molecule has 0 bridgehead atoms. The molecule has 3 rings (SSSR count). The fourth-order valence-corrected chi connectivity index (χ4v) is 2.31. The fourth-order valence-electron chi connectivity index (χ4n) is 2.31. The van der Waals surface area contributed by atoms with Crippen molar-refractivity contribution in [1.29, 1.82) is 0 Å². The molecule has 0 aliphatic carbocycles. The lowest BCUT2D eigenvalue weighted by atomic mass is 10.1. The molecule has 0 saturated carbocycles. The lowest BCUT2D eigenvalue weighted by Crippen LogP contribution is -2.14. The van der Waals surface area contributed by atoms with Crippen molar-refractivity contribution in [2.24, 2.45) is 0 Å². The van der Waals surface area contributed by atoms with Gasteiger partial charge in [0.1, 0.15) is 11.6 Å². The van der Waals surface area contributed by atoms with E-state index in [0.717, 1.165) is 5.69 Å². The fraction of sp³-hybridized carbons (Fsp3) is 0.118. The van der Waals surface area contributed by atoms with E-state index < -0.39 is 5.82 Å². The van der Waals surface area contributed by atoms with Crippen LogP contribution in [0, 0.1) is 19.7 Å². The van der Waals surface area contributed by atoms with Crippen LogP contribution in [0.25, 0.3) is 10.9 Å². The highest BCUT2D eigenvalue weighted by molar-refractivity contribution is 6.12. The number of aromatic nitrogens is 2. The van der Waals surface area contributed by atoms with Crippen LogP contribution < -0.4 is 5.32 Å². The quantitative estimate of drug-likeness (QED) is 0.785. The average molecular weight is 295 g/mol. The molecule has 0 radical (unpaired) electrons. The zero-order chi connectivity index (χ0) is 15.7. The van der Waals surface area contributed by atoms with Crippen LogP contribution in [-0.4, -0.2) is 15.9 Å². The van der Waals surface area contributed by atoms with E-state index in [2.05, 4.69) is 15.3 Å². The Morgan fingerprint density at radius 3 is 2.64 bits per heavy atom. The summed E-state index contributed by atoms with van der Waals surface area (Å²) in [6.07, 6.45) is 0. The van der Waals surface area contributed by atoms with Crippen molar-refractivity contribution >= 4 is 22.6 Å². The molecule has 0 aliphatic heterocycles. The number of carbonyl (C=O) groups is 1. The number of nitrogens with one attached hydrogen (secondary N) is 1. The van der Waals surface area contributed by atoms with Crippen molar-refractivity contribution in [2.75, 3.05) is 5.32 Å². The Hall–Kier alpha value is -2.82. The molecule has 1 aromatic carbocycles. The molecule has 0 atom stereocenters. The second kappa shape index (κ2) is 5.52. The summed E-state index contributed by atoms with van der Waals surface area (Å²) < 4.78 is 13.5. The second-order valence-corrected chi connectivity index (χ2v) is 5.09. The number of nitrogens with zero attached hydrogens (tertiary/aromatic N) is 2. The van der Waals surface area contributed by atoms with E-state index in [0.29, 0.717) is 28.0 Å². The number of hydrogen-bond donors (Lipinski definition) is 1. The van der Waals surface area contributed by atoms with E-state index in [1.165, 1.54) is 12.1 Å². The minimum Gasteiger partial charge on any atom is -0.307 e. The van der Waals surface area contributed by atoms with Gasteiger partial charge < -0.3 is 5.32 Å². The lowest BCUT2D eigenvalue weighted by molar-refractivity contribution is 0.102. The van der Waals surface area contributed by atoms with Crippen molar-refractivity contribution in [1.82, 2.24) is 9.97 Å². The number of pyridine rings is 2. The van der Waals surface area contributed by atoms with Gasteiger partial charge in [0.2, 0.25) is 0 Å². The Balaban J connectivity index is 2.05. The lowest BCUT2D eigenvalue weighted by Gasteiger charge is -2.09. The minimum atomic E-state index is -0.402. The van der Waals surface area contributed by atoms with E-state index >= 15 is 0 Å². The number of hydrogen-bond acceptors (Lipinski definition) is 3. The molecule has 22 heavy (non-hydrogen) atoms. The number of aryl methyl sites for hydroxylation is 2.